The van der Waals surface area contributed by atoms with Gasteiger partial charge in [0.2, 0.25) is 0 Å². The van der Waals surface area contributed by atoms with Gasteiger partial charge in [-0.2, -0.15) is 0 Å². The average Bonchev–Trinajstić information content (AvgIpc) is 2.65. The molecular weight excluding hydrogens is 186 g/mol. The second kappa shape index (κ2) is 6.49. The molecular formula is C13H27NO. The van der Waals surface area contributed by atoms with E-state index in [0.717, 1.165) is 6.54 Å². The molecule has 0 amide bonds. The highest BCUT2D eigenvalue weighted by molar-refractivity contribution is 4.80. The van der Waals surface area contributed by atoms with Gasteiger partial charge in [0.1, 0.15) is 0 Å². The van der Waals surface area contributed by atoms with Crippen LogP contribution in [0.15, 0.2) is 0 Å². The molecule has 0 aliphatic heterocycles. The van der Waals surface area contributed by atoms with Gasteiger partial charge in [-0.15, -0.1) is 0 Å². The lowest BCUT2D eigenvalue weighted by Gasteiger charge is -2.25. The summed E-state index contributed by atoms with van der Waals surface area (Å²) in [4.78, 5) is 0. The van der Waals surface area contributed by atoms with Crippen molar-refractivity contribution in [3.8, 4) is 0 Å². The summed E-state index contributed by atoms with van der Waals surface area (Å²) in [6.45, 7) is 8.28. The molecule has 2 N–H and O–H groups in total. The van der Waals surface area contributed by atoms with E-state index >= 15 is 0 Å². The lowest BCUT2D eigenvalue weighted by molar-refractivity contribution is 0.187. The Morgan fingerprint density at radius 1 is 1.27 bits per heavy atom. The molecule has 1 fully saturated rings. The van der Waals surface area contributed by atoms with Crippen LogP contribution in [0.2, 0.25) is 0 Å². The maximum Gasteiger partial charge on any atom is 0.0462 e. The minimum atomic E-state index is 0.380. The van der Waals surface area contributed by atoms with E-state index in [2.05, 4.69) is 26.1 Å². The molecule has 0 aromatic carbocycles. The smallest absolute Gasteiger partial charge is 0.0462 e. The van der Waals surface area contributed by atoms with Gasteiger partial charge in [0.15, 0.2) is 0 Å². The Balaban J connectivity index is 2.28. The summed E-state index contributed by atoms with van der Waals surface area (Å²) in [5.41, 5.74) is 0. The van der Waals surface area contributed by atoms with Crippen LogP contribution in [0, 0.1) is 17.8 Å². The summed E-state index contributed by atoms with van der Waals surface area (Å²) in [5.74, 6) is 1.98. The van der Waals surface area contributed by atoms with Crippen molar-refractivity contribution in [1.29, 1.82) is 0 Å². The summed E-state index contributed by atoms with van der Waals surface area (Å²) in [5, 5.41) is 12.9. The van der Waals surface area contributed by atoms with Crippen LogP contribution in [0.25, 0.3) is 0 Å². The highest BCUT2D eigenvalue weighted by Gasteiger charge is 2.26. The normalized spacial score (nSPS) is 28.6. The molecule has 3 atom stereocenters. The molecule has 1 aliphatic rings. The van der Waals surface area contributed by atoms with E-state index in [0.29, 0.717) is 30.4 Å². The minimum Gasteiger partial charge on any atom is -0.396 e. The number of hydrogen-bond acceptors (Lipinski definition) is 2. The molecule has 90 valence electrons. The summed E-state index contributed by atoms with van der Waals surface area (Å²) >= 11 is 0. The van der Waals surface area contributed by atoms with Gasteiger partial charge < -0.3 is 10.4 Å². The fraction of sp³-hybridized carbons (Fsp3) is 1.00. The monoisotopic (exact) mass is 213 g/mol. The predicted molar refractivity (Wildman–Crippen MR) is 64.8 cm³/mol. The van der Waals surface area contributed by atoms with Gasteiger partial charge in [-0.05, 0) is 43.6 Å². The maximum atomic E-state index is 9.24. The lowest BCUT2D eigenvalue weighted by atomic mass is 9.95. The van der Waals surface area contributed by atoms with Gasteiger partial charge in [0.25, 0.3) is 0 Å². The van der Waals surface area contributed by atoms with Crippen molar-refractivity contribution in [2.45, 2.75) is 52.5 Å². The van der Waals surface area contributed by atoms with Crippen LogP contribution in [-0.4, -0.2) is 24.3 Å². The zero-order valence-electron chi connectivity index (χ0n) is 10.5. The first kappa shape index (κ1) is 13.0. The summed E-state index contributed by atoms with van der Waals surface area (Å²) in [7, 11) is 0. The van der Waals surface area contributed by atoms with Crippen LogP contribution in [0.1, 0.15) is 46.5 Å². The van der Waals surface area contributed by atoms with E-state index in [1.54, 1.807) is 0 Å². The topological polar surface area (TPSA) is 32.3 Å². The number of hydrogen-bond donors (Lipinski definition) is 2. The molecule has 1 rings (SSSR count). The molecule has 0 aromatic rings. The molecule has 1 saturated carbocycles. The van der Waals surface area contributed by atoms with Crippen LogP contribution in [-0.2, 0) is 0 Å². The molecule has 0 spiro atoms. The summed E-state index contributed by atoms with van der Waals surface area (Å²) in [6, 6.07) is 0.643. The molecule has 0 heterocycles. The third-order valence-corrected chi connectivity index (χ3v) is 3.94. The van der Waals surface area contributed by atoms with Gasteiger partial charge >= 0.3 is 0 Å². The zero-order valence-corrected chi connectivity index (χ0v) is 10.5. The highest BCUT2D eigenvalue weighted by Crippen LogP contribution is 2.30. The first-order valence-electron chi connectivity index (χ1n) is 6.53. The molecule has 2 heteroatoms. The van der Waals surface area contributed by atoms with Crippen LogP contribution in [0.3, 0.4) is 0 Å². The van der Waals surface area contributed by atoms with E-state index in [9.17, 15) is 5.11 Å². The second-order valence-corrected chi connectivity index (χ2v) is 5.30. The van der Waals surface area contributed by atoms with Gasteiger partial charge in [0, 0.05) is 12.6 Å². The van der Waals surface area contributed by atoms with Gasteiger partial charge in [-0.1, -0.05) is 27.2 Å². The minimum absolute atomic E-state index is 0.380. The SMILES string of the molecule is CCC(NCC1CCCC1CO)C(C)C. The van der Waals surface area contributed by atoms with E-state index in [1.165, 1.54) is 25.7 Å². The standard InChI is InChI=1S/C13H27NO/c1-4-13(10(2)3)14-8-11-6-5-7-12(11)9-15/h10-15H,4-9H2,1-3H3. The molecule has 15 heavy (non-hydrogen) atoms. The van der Waals surface area contributed by atoms with Gasteiger partial charge in [0.05, 0.1) is 0 Å². The van der Waals surface area contributed by atoms with Crippen LogP contribution in [0.4, 0.5) is 0 Å². The van der Waals surface area contributed by atoms with Crippen molar-refractivity contribution < 1.29 is 5.11 Å². The Bertz CT molecular complexity index is 170. The van der Waals surface area contributed by atoms with E-state index in [-0.39, 0.29) is 0 Å². The van der Waals surface area contributed by atoms with Gasteiger partial charge in [-0.25, -0.2) is 0 Å². The van der Waals surface area contributed by atoms with Crippen LogP contribution < -0.4 is 5.32 Å². The number of nitrogens with one attached hydrogen (secondary N) is 1. The van der Waals surface area contributed by atoms with Crippen molar-refractivity contribution in [3.63, 3.8) is 0 Å². The van der Waals surface area contributed by atoms with Crippen LogP contribution in [0.5, 0.6) is 0 Å². The summed E-state index contributed by atoms with van der Waals surface area (Å²) in [6.07, 6.45) is 5.03. The Morgan fingerprint density at radius 3 is 2.47 bits per heavy atom. The van der Waals surface area contributed by atoms with Crippen molar-refractivity contribution in [2.75, 3.05) is 13.2 Å². The average molecular weight is 213 g/mol. The van der Waals surface area contributed by atoms with Crippen molar-refractivity contribution >= 4 is 0 Å². The Kier molecular flexibility index (Phi) is 5.62. The third-order valence-electron chi connectivity index (χ3n) is 3.94. The number of aliphatic hydroxyl groups excluding tert-OH is 1. The lowest BCUT2D eigenvalue weighted by Crippen LogP contribution is -2.37. The highest BCUT2D eigenvalue weighted by atomic mass is 16.3. The van der Waals surface area contributed by atoms with E-state index in [1.807, 2.05) is 0 Å². The van der Waals surface area contributed by atoms with E-state index < -0.39 is 0 Å². The molecule has 0 saturated heterocycles. The molecule has 0 bridgehead atoms. The Morgan fingerprint density at radius 2 is 1.93 bits per heavy atom. The molecule has 2 nitrogen and oxygen atoms in total. The first-order chi connectivity index (χ1) is 7.19. The number of rotatable bonds is 6. The van der Waals surface area contributed by atoms with Gasteiger partial charge in [-0.3, -0.25) is 0 Å². The van der Waals surface area contributed by atoms with Crippen molar-refractivity contribution in [2.24, 2.45) is 17.8 Å². The molecule has 0 radical (unpaired) electrons. The quantitative estimate of drug-likeness (QED) is 0.710. The summed E-state index contributed by atoms with van der Waals surface area (Å²) < 4.78 is 0. The third kappa shape index (κ3) is 3.76. The maximum absolute atomic E-state index is 9.24. The van der Waals surface area contributed by atoms with Crippen molar-refractivity contribution in [1.82, 2.24) is 5.32 Å². The molecule has 3 unspecified atom stereocenters. The Hall–Kier alpha value is -0.0800. The molecule has 1 aliphatic carbocycles. The largest absolute Gasteiger partial charge is 0.396 e. The molecule has 0 aromatic heterocycles. The van der Waals surface area contributed by atoms with Crippen molar-refractivity contribution in [3.05, 3.63) is 0 Å². The Labute approximate surface area is 94.5 Å². The van der Waals surface area contributed by atoms with Crippen LogP contribution >= 0.6 is 0 Å². The second-order valence-electron chi connectivity index (χ2n) is 5.30. The van der Waals surface area contributed by atoms with E-state index in [4.69, 9.17) is 0 Å². The first-order valence-corrected chi connectivity index (χ1v) is 6.53. The zero-order chi connectivity index (χ0) is 11.3. The number of aliphatic hydroxyl groups is 1. The predicted octanol–water partition coefficient (Wildman–Crippen LogP) is 2.42. The fourth-order valence-corrected chi connectivity index (χ4v) is 2.78. The fourth-order valence-electron chi connectivity index (χ4n) is 2.78.